The Kier molecular flexibility index (Phi) is 4.37. The summed E-state index contributed by atoms with van der Waals surface area (Å²) in [6.07, 6.45) is 0.0994. The highest BCUT2D eigenvalue weighted by atomic mass is 32.2. The van der Waals surface area contributed by atoms with E-state index in [9.17, 15) is 22.4 Å². The van der Waals surface area contributed by atoms with Gasteiger partial charge in [-0.05, 0) is 0 Å². The maximum Gasteiger partial charge on any atom is 0.185 e. The van der Waals surface area contributed by atoms with E-state index in [4.69, 9.17) is 5.11 Å². The topological polar surface area (TPSA) is 37.3 Å². The molecule has 0 bridgehead atoms. The van der Waals surface area contributed by atoms with E-state index >= 15 is 0 Å². The third-order valence-corrected chi connectivity index (χ3v) is 3.38. The summed E-state index contributed by atoms with van der Waals surface area (Å²) in [5.41, 5.74) is -2.90. The molecule has 0 fully saturated rings. The second kappa shape index (κ2) is 5.22. The number of aliphatic hydroxyl groups excluding tert-OH is 1. The Labute approximate surface area is 99.4 Å². The molecule has 0 aromatic rings. The number of hydrogen-bond donors (Lipinski definition) is 1. The lowest BCUT2D eigenvalue weighted by Crippen LogP contribution is -2.41. The van der Waals surface area contributed by atoms with Gasteiger partial charge >= 0.3 is 0 Å². The van der Waals surface area contributed by atoms with Gasteiger partial charge in [0.1, 0.15) is 11.7 Å². The minimum atomic E-state index is -2.90. The van der Waals surface area contributed by atoms with Gasteiger partial charge in [0.05, 0.1) is 12.5 Å². The average molecular weight is 270 g/mol. The summed E-state index contributed by atoms with van der Waals surface area (Å²) in [6.45, 7) is 0.0503. The monoisotopic (exact) mass is 270 g/mol. The van der Waals surface area contributed by atoms with Crippen molar-refractivity contribution in [1.82, 2.24) is 0 Å². The molecule has 0 aromatic heterocycles. The lowest BCUT2D eigenvalue weighted by Gasteiger charge is -2.32. The number of allylic oxidation sites excluding steroid dienone is 3. The zero-order valence-electron chi connectivity index (χ0n) is 8.84. The Morgan fingerprint density at radius 2 is 2.12 bits per heavy atom. The van der Waals surface area contributed by atoms with Gasteiger partial charge in [-0.15, -0.1) is 0 Å². The molecular weight excluding hydrogens is 260 g/mol. The summed E-state index contributed by atoms with van der Waals surface area (Å²) >= 11 is 0.445. The van der Waals surface area contributed by atoms with Crippen LogP contribution in [-0.2, 0) is 4.79 Å². The van der Waals surface area contributed by atoms with Crippen molar-refractivity contribution in [3.63, 3.8) is 0 Å². The van der Waals surface area contributed by atoms with Crippen molar-refractivity contribution in [3.05, 3.63) is 23.6 Å². The largest absolute Gasteiger partial charge is 0.396 e. The lowest BCUT2D eigenvalue weighted by atomic mass is 9.85. The molecule has 0 saturated heterocycles. The lowest BCUT2D eigenvalue weighted by molar-refractivity contribution is -0.109. The molecule has 1 aliphatic rings. The van der Waals surface area contributed by atoms with Crippen LogP contribution in [0.3, 0.4) is 0 Å². The molecule has 0 spiro atoms. The number of hydrogen-bond acceptors (Lipinski definition) is 3. The fraction of sp³-hybridized carbons (Fsp3) is 0.500. The Morgan fingerprint density at radius 3 is 2.59 bits per heavy atom. The van der Waals surface area contributed by atoms with Crippen molar-refractivity contribution in [3.8, 4) is 0 Å². The summed E-state index contributed by atoms with van der Waals surface area (Å²) in [5, 5.41) is 8.34. The third kappa shape index (κ3) is 2.71. The van der Waals surface area contributed by atoms with Crippen molar-refractivity contribution in [2.75, 3.05) is 12.4 Å². The fourth-order valence-electron chi connectivity index (χ4n) is 1.43. The van der Waals surface area contributed by atoms with Crippen molar-refractivity contribution in [2.45, 2.75) is 12.6 Å². The molecule has 0 aliphatic heterocycles. The first-order chi connectivity index (χ1) is 7.82. The van der Waals surface area contributed by atoms with Crippen LogP contribution in [0.5, 0.6) is 0 Å². The molecule has 96 valence electrons. The molecule has 2 atom stereocenters. The first-order valence-electron chi connectivity index (χ1n) is 4.69. The second-order valence-electron chi connectivity index (χ2n) is 3.57. The number of carbonyl (C=O) groups excluding carboxylic acids is 1. The van der Waals surface area contributed by atoms with E-state index in [0.717, 1.165) is 6.92 Å². The number of alkyl halides is 1. The maximum atomic E-state index is 14.2. The Hall–Kier alpha value is -0.820. The van der Waals surface area contributed by atoms with E-state index in [2.05, 4.69) is 0 Å². The number of thioether (sulfide) groups is 1. The second-order valence-corrected chi connectivity index (χ2v) is 4.72. The molecule has 0 radical (unpaired) electrons. The Balaban J connectivity index is 3.05. The number of aliphatic hydroxyl groups is 1. The molecule has 1 N–H and O–H groups in total. The Morgan fingerprint density at radius 1 is 1.53 bits per heavy atom. The van der Waals surface area contributed by atoms with E-state index < -0.39 is 46.5 Å². The molecule has 0 heterocycles. The summed E-state index contributed by atoms with van der Waals surface area (Å²) in [4.78, 5) is 10.7. The Bertz CT molecular complexity index is 394. The van der Waals surface area contributed by atoms with Gasteiger partial charge in [-0.1, -0.05) is 11.8 Å². The summed E-state index contributed by atoms with van der Waals surface area (Å²) < 4.78 is 53.6. The van der Waals surface area contributed by atoms with E-state index in [1.807, 2.05) is 0 Å². The van der Waals surface area contributed by atoms with Gasteiger partial charge in [-0.3, -0.25) is 4.79 Å². The molecule has 7 heteroatoms. The van der Waals surface area contributed by atoms with Gasteiger partial charge < -0.3 is 5.11 Å². The van der Waals surface area contributed by atoms with Crippen LogP contribution in [0.15, 0.2) is 23.6 Å². The van der Waals surface area contributed by atoms with Crippen LogP contribution in [0.1, 0.15) is 6.92 Å². The van der Waals surface area contributed by atoms with Crippen LogP contribution in [0.4, 0.5) is 17.6 Å². The molecule has 1 aliphatic carbocycles. The summed E-state index contributed by atoms with van der Waals surface area (Å²) in [5.74, 6) is -7.27. The van der Waals surface area contributed by atoms with Crippen molar-refractivity contribution in [2.24, 2.45) is 5.92 Å². The van der Waals surface area contributed by atoms with Crippen LogP contribution >= 0.6 is 11.8 Å². The highest BCUT2D eigenvalue weighted by Crippen LogP contribution is 2.44. The number of halogens is 4. The van der Waals surface area contributed by atoms with Crippen molar-refractivity contribution in [1.29, 1.82) is 0 Å². The summed E-state index contributed by atoms with van der Waals surface area (Å²) in [7, 11) is 0. The fourth-order valence-corrected chi connectivity index (χ4v) is 2.19. The molecule has 0 amide bonds. The normalized spacial score (nSPS) is 29.3. The van der Waals surface area contributed by atoms with Gasteiger partial charge in [-0.2, -0.15) is 0 Å². The van der Waals surface area contributed by atoms with Crippen LogP contribution < -0.4 is 0 Å². The van der Waals surface area contributed by atoms with Gasteiger partial charge in [-0.25, -0.2) is 17.6 Å². The van der Waals surface area contributed by atoms with Crippen LogP contribution in [-0.4, -0.2) is 28.3 Å². The number of rotatable bonds is 3. The van der Waals surface area contributed by atoms with Crippen LogP contribution in [0.25, 0.3) is 0 Å². The quantitative estimate of drug-likeness (QED) is 0.801. The van der Waals surface area contributed by atoms with Gasteiger partial charge in [0.2, 0.25) is 0 Å². The first kappa shape index (κ1) is 14.2. The van der Waals surface area contributed by atoms with Gasteiger partial charge in [0.15, 0.2) is 16.6 Å². The van der Waals surface area contributed by atoms with Gasteiger partial charge in [0.25, 0.3) is 0 Å². The molecule has 2 unspecified atom stereocenters. The molecule has 0 aromatic carbocycles. The first-order valence-corrected chi connectivity index (χ1v) is 5.67. The zero-order valence-corrected chi connectivity index (χ0v) is 9.66. The highest BCUT2D eigenvalue weighted by Gasteiger charge is 2.49. The van der Waals surface area contributed by atoms with Crippen molar-refractivity contribution < 1.29 is 27.5 Å². The van der Waals surface area contributed by atoms with Crippen LogP contribution in [0, 0.1) is 5.92 Å². The molecule has 17 heavy (non-hydrogen) atoms. The SMILES string of the molecule is CC(=O)SCC1(F)C(F)=CC(F)=C(F)C1CO. The highest BCUT2D eigenvalue weighted by molar-refractivity contribution is 8.13. The summed E-state index contributed by atoms with van der Waals surface area (Å²) in [6, 6.07) is 0. The van der Waals surface area contributed by atoms with E-state index in [1.165, 1.54) is 0 Å². The van der Waals surface area contributed by atoms with Crippen LogP contribution in [0.2, 0.25) is 0 Å². The minimum Gasteiger partial charge on any atom is -0.396 e. The molecule has 1 rings (SSSR count). The van der Waals surface area contributed by atoms with Crippen molar-refractivity contribution >= 4 is 16.9 Å². The standard InChI is InChI=1S/C10H10F4O2S/c1-5(16)17-4-10(14)6(3-15)9(13)7(11)2-8(10)12/h2,6,15H,3-4H2,1H3. The maximum absolute atomic E-state index is 14.2. The minimum absolute atomic E-state index is 0.0994. The molecule has 2 nitrogen and oxygen atoms in total. The third-order valence-electron chi connectivity index (χ3n) is 2.40. The molecular formula is C10H10F4O2S. The van der Waals surface area contributed by atoms with E-state index in [1.54, 1.807) is 0 Å². The predicted molar refractivity (Wildman–Crippen MR) is 56.0 cm³/mol. The predicted octanol–water partition coefficient (Wildman–Crippen LogP) is 2.60. The average Bonchev–Trinajstić information content (AvgIpc) is 2.25. The van der Waals surface area contributed by atoms with E-state index in [0.29, 0.717) is 11.8 Å². The van der Waals surface area contributed by atoms with Gasteiger partial charge in [0, 0.05) is 18.8 Å². The number of carbonyl (C=O) groups is 1. The zero-order chi connectivity index (χ0) is 13.2. The molecule has 0 saturated carbocycles. The smallest absolute Gasteiger partial charge is 0.185 e. The van der Waals surface area contributed by atoms with E-state index in [-0.39, 0.29) is 6.08 Å².